The van der Waals surface area contributed by atoms with E-state index in [-0.39, 0.29) is 16.4 Å². The number of hydrogen-bond acceptors (Lipinski definition) is 4. The van der Waals surface area contributed by atoms with E-state index >= 15 is 0 Å². The van der Waals surface area contributed by atoms with Crippen LogP contribution in [0.3, 0.4) is 0 Å². The van der Waals surface area contributed by atoms with Crippen molar-refractivity contribution in [1.82, 2.24) is 11.0 Å². The number of nitrogens with one attached hydrogen (secondary N) is 2. The fraction of sp³-hybridized carbons (Fsp3) is 0.100. The van der Waals surface area contributed by atoms with Crippen LogP contribution < -0.4 is 16.0 Å². The fourth-order valence-corrected chi connectivity index (χ4v) is 1.70. The standard InChI is InChI=1S/C10H8ClF2N3O2/c1-4-8(10(17)18)14-15-16(4)9-6(12)3-2-5(11)7(9)13/h2-3,14-15H,1H3,(H,17,18). The van der Waals surface area contributed by atoms with Crippen molar-refractivity contribution in [3.63, 3.8) is 0 Å². The van der Waals surface area contributed by atoms with Gasteiger partial charge in [-0.25, -0.2) is 13.6 Å². The highest BCUT2D eigenvalue weighted by Crippen LogP contribution is 2.31. The molecule has 0 amide bonds. The minimum absolute atomic E-state index is 0.113. The number of anilines is 1. The van der Waals surface area contributed by atoms with Crippen molar-refractivity contribution < 1.29 is 18.7 Å². The first-order chi connectivity index (χ1) is 8.43. The van der Waals surface area contributed by atoms with Crippen LogP contribution in [-0.4, -0.2) is 11.1 Å². The summed E-state index contributed by atoms with van der Waals surface area (Å²) < 4.78 is 27.4. The average Bonchev–Trinajstić information content (AvgIpc) is 2.67. The van der Waals surface area contributed by atoms with Crippen molar-refractivity contribution in [1.29, 1.82) is 0 Å². The largest absolute Gasteiger partial charge is 0.476 e. The molecule has 96 valence electrons. The van der Waals surface area contributed by atoms with Gasteiger partial charge in [-0.3, -0.25) is 10.4 Å². The summed E-state index contributed by atoms with van der Waals surface area (Å²) in [6.07, 6.45) is 0. The maximum absolute atomic E-state index is 13.8. The van der Waals surface area contributed by atoms with Crippen LogP contribution in [0.1, 0.15) is 6.92 Å². The molecule has 0 saturated heterocycles. The molecule has 0 spiro atoms. The number of rotatable bonds is 2. The lowest BCUT2D eigenvalue weighted by Gasteiger charge is -2.20. The Bertz CT molecular complexity index is 562. The van der Waals surface area contributed by atoms with Gasteiger partial charge < -0.3 is 5.11 Å². The average molecular weight is 276 g/mol. The van der Waals surface area contributed by atoms with Crippen LogP contribution in [0.15, 0.2) is 23.5 Å². The van der Waals surface area contributed by atoms with Gasteiger partial charge in [0, 0.05) is 0 Å². The summed E-state index contributed by atoms with van der Waals surface area (Å²) >= 11 is 5.56. The molecule has 2 rings (SSSR count). The molecule has 1 aromatic carbocycles. The minimum Gasteiger partial charge on any atom is -0.476 e. The van der Waals surface area contributed by atoms with E-state index in [0.717, 1.165) is 17.1 Å². The number of carboxylic acid groups (broad SMARTS) is 1. The molecule has 0 fully saturated rings. The number of allylic oxidation sites excluding steroid dienone is 1. The topological polar surface area (TPSA) is 64.6 Å². The SMILES string of the molecule is CC1=C(C(=O)O)NNN1c1c(F)ccc(Cl)c1F. The van der Waals surface area contributed by atoms with Crippen molar-refractivity contribution >= 4 is 23.3 Å². The van der Waals surface area contributed by atoms with Crippen LogP contribution in [0.2, 0.25) is 5.02 Å². The van der Waals surface area contributed by atoms with E-state index < -0.39 is 23.3 Å². The van der Waals surface area contributed by atoms with Crippen LogP contribution in [0, 0.1) is 11.6 Å². The molecule has 8 heteroatoms. The van der Waals surface area contributed by atoms with E-state index in [1.54, 1.807) is 0 Å². The number of hydrazine groups is 2. The molecule has 3 N–H and O–H groups in total. The lowest BCUT2D eigenvalue weighted by molar-refractivity contribution is -0.133. The maximum Gasteiger partial charge on any atom is 0.355 e. The molecule has 0 atom stereocenters. The van der Waals surface area contributed by atoms with Gasteiger partial charge in [-0.1, -0.05) is 11.6 Å². The number of benzene rings is 1. The molecule has 0 unspecified atom stereocenters. The molecule has 1 aliphatic rings. The highest BCUT2D eigenvalue weighted by molar-refractivity contribution is 6.31. The third-order valence-electron chi connectivity index (χ3n) is 2.45. The first-order valence-corrected chi connectivity index (χ1v) is 5.20. The molecule has 1 heterocycles. The lowest BCUT2D eigenvalue weighted by atomic mass is 10.2. The van der Waals surface area contributed by atoms with Gasteiger partial charge in [-0.2, -0.15) is 0 Å². The van der Waals surface area contributed by atoms with Crippen LogP contribution >= 0.6 is 11.6 Å². The summed E-state index contributed by atoms with van der Waals surface area (Å²) in [5, 5.41) is 9.53. The molecule has 0 aromatic heterocycles. The Labute approximate surface area is 106 Å². The van der Waals surface area contributed by atoms with Crippen molar-refractivity contribution in [2.75, 3.05) is 5.01 Å². The van der Waals surface area contributed by atoms with Gasteiger partial charge in [0.15, 0.2) is 17.3 Å². The third-order valence-corrected chi connectivity index (χ3v) is 2.74. The summed E-state index contributed by atoms with van der Waals surface area (Å²) in [4.78, 5) is 10.8. The quantitative estimate of drug-likeness (QED) is 0.718. The van der Waals surface area contributed by atoms with E-state index in [4.69, 9.17) is 16.7 Å². The Morgan fingerprint density at radius 2 is 2.11 bits per heavy atom. The molecule has 0 radical (unpaired) electrons. The molecule has 1 aliphatic heterocycles. The van der Waals surface area contributed by atoms with Gasteiger partial charge in [-0.15, -0.1) is 5.53 Å². The second kappa shape index (κ2) is 4.43. The van der Waals surface area contributed by atoms with E-state index in [1.165, 1.54) is 6.92 Å². The zero-order chi connectivity index (χ0) is 13.4. The minimum atomic E-state index is -1.25. The highest BCUT2D eigenvalue weighted by Gasteiger charge is 2.29. The van der Waals surface area contributed by atoms with Crippen LogP contribution in [0.5, 0.6) is 0 Å². The molecule has 1 aromatic rings. The molecule has 0 saturated carbocycles. The van der Waals surface area contributed by atoms with E-state index in [9.17, 15) is 13.6 Å². The number of carbonyl (C=O) groups is 1. The van der Waals surface area contributed by atoms with Gasteiger partial charge >= 0.3 is 5.97 Å². The zero-order valence-corrected chi connectivity index (χ0v) is 9.85. The lowest BCUT2D eigenvalue weighted by Crippen LogP contribution is -2.39. The second-order valence-electron chi connectivity index (χ2n) is 3.53. The van der Waals surface area contributed by atoms with Crippen LogP contribution in [0.4, 0.5) is 14.5 Å². The normalized spacial score (nSPS) is 15.0. The Morgan fingerprint density at radius 1 is 1.44 bits per heavy atom. The van der Waals surface area contributed by atoms with Gasteiger partial charge in [0.1, 0.15) is 5.69 Å². The third kappa shape index (κ3) is 1.87. The number of aliphatic carboxylic acids is 1. The monoisotopic (exact) mass is 275 g/mol. The summed E-state index contributed by atoms with van der Waals surface area (Å²) in [5.74, 6) is -3.08. The van der Waals surface area contributed by atoms with Gasteiger partial charge in [0.25, 0.3) is 0 Å². The molecule has 0 bridgehead atoms. The predicted molar refractivity (Wildman–Crippen MR) is 60.5 cm³/mol. The molecule has 18 heavy (non-hydrogen) atoms. The van der Waals surface area contributed by atoms with Crippen LogP contribution in [-0.2, 0) is 4.79 Å². The molecule has 5 nitrogen and oxygen atoms in total. The van der Waals surface area contributed by atoms with Gasteiger partial charge in [-0.05, 0) is 19.1 Å². The van der Waals surface area contributed by atoms with Crippen molar-refractivity contribution in [3.8, 4) is 0 Å². The molecular formula is C10H8ClF2N3O2. The second-order valence-corrected chi connectivity index (χ2v) is 3.94. The maximum atomic E-state index is 13.8. The number of halogens is 3. The number of carboxylic acids is 1. The Kier molecular flexibility index (Phi) is 3.10. The summed E-state index contributed by atoms with van der Waals surface area (Å²) in [6.45, 7) is 1.40. The summed E-state index contributed by atoms with van der Waals surface area (Å²) in [6, 6.07) is 2.07. The Hall–Kier alpha value is -1.86. The molecular weight excluding hydrogens is 268 g/mol. The molecule has 0 aliphatic carbocycles. The summed E-state index contributed by atoms with van der Waals surface area (Å²) in [7, 11) is 0. The van der Waals surface area contributed by atoms with Gasteiger partial charge in [0.05, 0.1) is 10.7 Å². The van der Waals surface area contributed by atoms with Gasteiger partial charge in [0.2, 0.25) is 0 Å². The first-order valence-electron chi connectivity index (χ1n) is 4.83. The summed E-state index contributed by atoms with van der Waals surface area (Å²) in [5.41, 5.74) is 4.11. The van der Waals surface area contributed by atoms with Crippen molar-refractivity contribution in [2.24, 2.45) is 0 Å². The Balaban J connectivity index is 2.52. The zero-order valence-electron chi connectivity index (χ0n) is 9.09. The van der Waals surface area contributed by atoms with E-state index in [1.807, 2.05) is 0 Å². The first kappa shape index (κ1) is 12.6. The highest BCUT2D eigenvalue weighted by atomic mass is 35.5. The number of nitrogens with zero attached hydrogens (tertiary/aromatic N) is 1. The Morgan fingerprint density at radius 3 is 2.67 bits per heavy atom. The smallest absolute Gasteiger partial charge is 0.355 e. The number of hydrogen-bond donors (Lipinski definition) is 3. The van der Waals surface area contributed by atoms with E-state index in [0.29, 0.717) is 0 Å². The van der Waals surface area contributed by atoms with Crippen molar-refractivity contribution in [2.45, 2.75) is 6.92 Å². The van der Waals surface area contributed by atoms with Crippen molar-refractivity contribution in [3.05, 3.63) is 40.2 Å². The van der Waals surface area contributed by atoms with Crippen LogP contribution in [0.25, 0.3) is 0 Å². The van der Waals surface area contributed by atoms with E-state index in [2.05, 4.69) is 11.0 Å². The fourth-order valence-electron chi connectivity index (χ4n) is 1.55. The predicted octanol–water partition coefficient (Wildman–Crippen LogP) is 1.76.